The normalized spacial score (nSPS) is 11.4. The molecule has 0 saturated heterocycles. The number of thiocarbonyl (C=S) groups is 1. The molecule has 0 aliphatic carbocycles. The molecule has 26 heavy (non-hydrogen) atoms. The fourth-order valence-electron chi connectivity index (χ4n) is 2.49. The zero-order valence-electron chi connectivity index (χ0n) is 15.7. The predicted octanol–water partition coefficient (Wildman–Crippen LogP) is 4.54. The van der Waals surface area contributed by atoms with Crippen molar-refractivity contribution in [2.75, 3.05) is 25.6 Å². The molecule has 0 aliphatic heterocycles. The highest BCUT2D eigenvalue weighted by molar-refractivity contribution is 7.80. The maximum absolute atomic E-state index is 5.69. The number of nitrogens with one attached hydrogen (secondary N) is 2. The maximum atomic E-state index is 5.69. The third-order valence-electron chi connectivity index (χ3n) is 3.74. The van der Waals surface area contributed by atoms with Gasteiger partial charge in [-0.1, -0.05) is 12.1 Å². The second-order valence-electron chi connectivity index (χ2n) is 5.62. The van der Waals surface area contributed by atoms with Crippen molar-refractivity contribution in [2.24, 2.45) is 0 Å². The lowest BCUT2D eigenvalue weighted by Crippen LogP contribution is -2.30. The van der Waals surface area contributed by atoms with Gasteiger partial charge in [0.1, 0.15) is 5.75 Å². The largest absolute Gasteiger partial charge is 0.497 e. The van der Waals surface area contributed by atoms with Crippen molar-refractivity contribution in [3.05, 3.63) is 48.0 Å². The molecule has 1 atom stereocenters. The summed E-state index contributed by atoms with van der Waals surface area (Å²) in [6, 6.07) is 13.6. The van der Waals surface area contributed by atoms with Gasteiger partial charge >= 0.3 is 0 Å². The smallest absolute Gasteiger partial charge is 0.171 e. The van der Waals surface area contributed by atoms with E-state index in [1.807, 2.05) is 63.2 Å². The van der Waals surface area contributed by atoms with Crippen molar-refractivity contribution in [1.82, 2.24) is 5.32 Å². The molecule has 6 heteroatoms. The van der Waals surface area contributed by atoms with Crippen molar-refractivity contribution >= 4 is 23.0 Å². The van der Waals surface area contributed by atoms with Crippen molar-refractivity contribution in [2.45, 2.75) is 26.8 Å². The number of methoxy groups -OCH3 is 1. The SMILES string of the molecule is CCOc1ccc([C@H](C)NC(=S)Nc2cccc(OC)c2)cc1OCC. The molecule has 2 N–H and O–H groups in total. The van der Waals surface area contributed by atoms with Gasteiger partial charge in [-0.3, -0.25) is 0 Å². The maximum Gasteiger partial charge on any atom is 0.171 e. The van der Waals surface area contributed by atoms with Gasteiger partial charge in [-0.2, -0.15) is 0 Å². The van der Waals surface area contributed by atoms with E-state index in [9.17, 15) is 0 Å². The zero-order valence-corrected chi connectivity index (χ0v) is 16.5. The molecule has 0 aromatic heterocycles. The first kappa shape index (κ1) is 19.8. The van der Waals surface area contributed by atoms with Gasteiger partial charge in [0.05, 0.1) is 26.4 Å². The monoisotopic (exact) mass is 374 g/mol. The van der Waals surface area contributed by atoms with E-state index < -0.39 is 0 Å². The third-order valence-corrected chi connectivity index (χ3v) is 3.96. The van der Waals surface area contributed by atoms with Crippen LogP contribution in [0.1, 0.15) is 32.4 Å². The molecule has 0 heterocycles. The van der Waals surface area contributed by atoms with E-state index in [2.05, 4.69) is 10.6 Å². The van der Waals surface area contributed by atoms with E-state index >= 15 is 0 Å². The zero-order chi connectivity index (χ0) is 18.9. The molecule has 0 fully saturated rings. The Morgan fingerprint density at radius 3 is 2.46 bits per heavy atom. The first-order valence-electron chi connectivity index (χ1n) is 8.68. The molecule has 2 aromatic carbocycles. The van der Waals surface area contributed by atoms with E-state index in [4.69, 9.17) is 26.4 Å². The van der Waals surface area contributed by atoms with Crippen LogP contribution < -0.4 is 24.8 Å². The number of rotatable bonds is 8. The highest BCUT2D eigenvalue weighted by Crippen LogP contribution is 2.30. The summed E-state index contributed by atoms with van der Waals surface area (Å²) in [5, 5.41) is 7.00. The van der Waals surface area contributed by atoms with Gasteiger partial charge in [0.15, 0.2) is 16.6 Å². The minimum atomic E-state index is 0.00971. The fourth-order valence-corrected chi connectivity index (χ4v) is 2.78. The van der Waals surface area contributed by atoms with Crippen LogP contribution in [0.5, 0.6) is 17.2 Å². The van der Waals surface area contributed by atoms with Gasteiger partial charge in [-0.05, 0) is 62.8 Å². The molecule has 0 radical (unpaired) electrons. The summed E-state index contributed by atoms with van der Waals surface area (Å²) in [6.45, 7) is 7.14. The summed E-state index contributed by atoms with van der Waals surface area (Å²) in [4.78, 5) is 0. The second kappa shape index (κ2) is 9.87. The number of ether oxygens (including phenoxy) is 3. The van der Waals surface area contributed by atoms with Crippen LogP contribution in [0.25, 0.3) is 0 Å². The number of anilines is 1. The van der Waals surface area contributed by atoms with Crippen molar-refractivity contribution in [3.63, 3.8) is 0 Å². The summed E-state index contributed by atoms with van der Waals surface area (Å²) in [7, 11) is 1.64. The van der Waals surface area contributed by atoms with E-state index in [0.717, 1.165) is 28.5 Å². The molecule has 2 rings (SSSR count). The molecule has 0 unspecified atom stereocenters. The molecule has 0 saturated carbocycles. The molecular weight excluding hydrogens is 348 g/mol. The topological polar surface area (TPSA) is 51.8 Å². The Balaban J connectivity index is 2.04. The van der Waals surface area contributed by atoms with Gasteiger partial charge in [0.25, 0.3) is 0 Å². The van der Waals surface area contributed by atoms with Crippen LogP contribution in [0.4, 0.5) is 5.69 Å². The van der Waals surface area contributed by atoms with Crippen molar-refractivity contribution in [3.8, 4) is 17.2 Å². The molecule has 0 aliphatic rings. The lowest BCUT2D eigenvalue weighted by Gasteiger charge is -2.19. The summed E-state index contributed by atoms with van der Waals surface area (Å²) >= 11 is 5.42. The Morgan fingerprint density at radius 2 is 1.77 bits per heavy atom. The Labute approximate surface area is 160 Å². The minimum absolute atomic E-state index is 0.00971. The van der Waals surface area contributed by atoms with Crippen molar-refractivity contribution < 1.29 is 14.2 Å². The predicted molar refractivity (Wildman–Crippen MR) is 110 cm³/mol. The van der Waals surface area contributed by atoms with Crippen molar-refractivity contribution in [1.29, 1.82) is 0 Å². The van der Waals surface area contributed by atoms with Crippen LogP contribution in [0.15, 0.2) is 42.5 Å². The summed E-state index contributed by atoms with van der Waals surface area (Å²) in [5.74, 6) is 2.27. The average Bonchev–Trinajstić information content (AvgIpc) is 2.63. The number of hydrogen-bond donors (Lipinski definition) is 2. The molecule has 0 amide bonds. The van der Waals surface area contributed by atoms with E-state index in [-0.39, 0.29) is 6.04 Å². The van der Waals surface area contributed by atoms with Gasteiger partial charge in [-0.25, -0.2) is 0 Å². The first-order valence-corrected chi connectivity index (χ1v) is 9.09. The van der Waals surface area contributed by atoms with Crippen LogP contribution in [0.2, 0.25) is 0 Å². The van der Waals surface area contributed by atoms with Crippen LogP contribution in [0.3, 0.4) is 0 Å². The Bertz CT molecular complexity index is 737. The third kappa shape index (κ3) is 5.52. The Morgan fingerprint density at radius 1 is 1.04 bits per heavy atom. The standard InChI is InChI=1S/C20H26N2O3S/c1-5-24-18-11-10-15(12-19(18)25-6-2)14(3)21-20(26)22-16-8-7-9-17(13-16)23-4/h7-14H,5-6H2,1-4H3,(H2,21,22,26)/t14-/m0/s1. The highest BCUT2D eigenvalue weighted by Gasteiger charge is 2.12. The summed E-state index contributed by atoms with van der Waals surface area (Å²) < 4.78 is 16.5. The van der Waals surface area contributed by atoms with Crippen LogP contribution in [0, 0.1) is 0 Å². The fraction of sp³-hybridized carbons (Fsp3) is 0.350. The van der Waals surface area contributed by atoms with Crippen LogP contribution >= 0.6 is 12.2 Å². The first-order chi connectivity index (χ1) is 12.6. The minimum Gasteiger partial charge on any atom is -0.497 e. The molecule has 2 aromatic rings. The van der Waals surface area contributed by atoms with Crippen LogP contribution in [-0.2, 0) is 0 Å². The van der Waals surface area contributed by atoms with Gasteiger partial charge in [-0.15, -0.1) is 0 Å². The average molecular weight is 375 g/mol. The van der Waals surface area contributed by atoms with E-state index in [1.165, 1.54) is 0 Å². The second-order valence-corrected chi connectivity index (χ2v) is 6.03. The molecule has 0 spiro atoms. The molecule has 0 bridgehead atoms. The molecule has 140 valence electrons. The summed E-state index contributed by atoms with van der Waals surface area (Å²) in [5.41, 5.74) is 1.93. The van der Waals surface area contributed by atoms with E-state index in [0.29, 0.717) is 18.3 Å². The Hall–Kier alpha value is -2.47. The number of benzene rings is 2. The number of hydrogen-bond acceptors (Lipinski definition) is 4. The van der Waals surface area contributed by atoms with Gasteiger partial charge in [0.2, 0.25) is 0 Å². The lowest BCUT2D eigenvalue weighted by molar-refractivity contribution is 0.287. The van der Waals surface area contributed by atoms with Gasteiger partial charge in [0, 0.05) is 11.8 Å². The lowest BCUT2D eigenvalue weighted by atomic mass is 10.1. The quantitative estimate of drug-likeness (QED) is 0.662. The van der Waals surface area contributed by atoms with Crippen LogP contribution in [-0.4, -0.2) is 25.4 Å². The Kier molecular flexibility index (Phi) is 7.53. The molecule has 5 nitrogen and oxygen atoms in total. The molecular formula is C20H26N2O3S. The highest BCUT2D eigenvalue weighted by atomic mass is 32.1. The van der Waals surface area contributed by atoms with E-state index in [1.54, 1.807) is 7.11 Å². The summed E-state index contributed by atoms with van der Waals surface area (Å²) in [6.07, 6.45) is 0. The van der Waals surface area contributed by atoms with Gasteiger partial charge < -0.3 is 24.8 Å².